The summed E-state index contributed by atoms with van der Waals surface area (Å²) in [5, 5.41) is 0. The Labute approximate surface area is 129 Å². The minimum atomic E-state index is -0.218. The Bertz CT molecular complexity index is 446. The molecule has 0 bridgehead atoms. The second-order valence-corrected chi connectivity index (χ2v) is 6.93. The van der Waals surface area contributed by atoms with Crippen LogP contribution in [0.5, 0.6) is 0 Å². The van der Waals surface area contributed by atoms with Crippen molar-refractivity contribution in [1.29, 1.82) is 0 Å². The summed E-state index contributed by atoms with van der Waals surface area (Å²) in [5.41, 5.74) is 7.12. The minimum Gasteiger partial charge on any atom is -0.329 e. The molecule has 0 radical (unpaired) electrons. The zero-order valence-electron chi connectivity index (χ0n) is 12.3. The van der Waals surface area contributed by atoms with Crippen LogP contribution in [0.25, 0.3) is 0 Å². The van der Waals surface area contributed by atoms with Gasteiger partial charge < -0.3 is 5.73 Å². The molecule has 1 atom stereocenters. The zero-order chi connectivity index (χ0) is 14.7. The number of nitrogens with two attached hydrogens (primary N) is 1. The lowest BCUT2D eigenvalue weighted by Gasteiger charge is -2.32. The summed E-state index contributed by atoms with van der Waals surface area (Å²) in [4.78, 5) is 2.51. The number of halogens is 2. The fourth-order valence-corrected chi connectivity index (χ4v) is 2.99. The Hall–Kier alpha value is -0.450. The molecule has 2 N–H and O–H groups in total. The van der Waals surface area contributed by atoms with Crippen molar-refractivity contribution in [2.75, 3.05) is 13.1 Å². The quantitative estimate of drug-likeness (QED) is 0.808. The molecule has 1 aromatic carbocycles. The third-order valence-corrected chi connectivity index (χ3v) is 4.54. The van der Waals surface area contributed by atoms with E-state index >= 15 is 0 Å². The van der Waals surface area contributed by atoms with Gasteiger partial charge in [0.15, 0.2) is 0 Å². The first kappa shape index (κ1) is 15.9. The molecule has 112 valence electrons. The van der Waals surface area contributed by atoms with Gasteiger partial charge in [-0.2, -0.15) is 0 Å². The summed E-state index contributed by atoms with van der Waals surface area (Å²) >= 11 is 3.27. The first-order chi connectivity index (χ1) is 9.52. The van der Waals surface area contributed by atoms with Crippen LogP contribution < -0.4 is 5.73 Å². The minimum absolute atomic E-state index is 0.193. The van der Waals surface area contributed by atoms with Gasteiger partial charge in [-0.25, -0.2) is 4.39 Å². The Morgan fingerprint density at radius 1 is 1.40 bits per heavy atom. The monoisotopic (exact) mass is 342 g/mol. The van der Waals surface area contributed by atoms with Crippen LogP contribution >= 0.6 is 15.9 Å². The maximum atomic E-state index is 13.4. The topological polar surface area (TPSA) is 29.3 Å². The fourth-order valence-electron chi connectivity index (χ4n) is 2.59. The molecule has 1 fully saturated rings. The first-order valence-corrected chi connectivity index (χ1v) is 8.23. The Morgan fingerprint density at radius 3 is 2.60 bits per heavy atom. The van der Waals surface area contributed by atoms with Crippen LogP contribution in [0.1, 0.15) is 44.7 Å². The third kappa shape index (κ3) is 4.03. The molecular weight excluding hydrogens is 319 g/mol. The molecule has 1 saturated carbocycles. The molecule has 0 saturated heterocycles. The van der Waals surface area contributed by atoms with E-state index < -0.39 is 0 Å². The van der Waals surface area contributed by atoms with Gasteiger partial charge in [0.1, 0.15) is 5.82 Å². The van der Waals surface area contributed by atoms with Gasteiger partial charge in [0.25, 0.3) is 0 Å². The first-order valence-electron chi connectivity index (χ1n) is 7.43. The largest absolute Gasteiger partial charge is 0.329 e. The average molecular weight is 343 g/mol. The highest BCUT2D eigenvalue weighted by atomic mass is 79.9. The maximum Gasteiger partial charge on any atom is 0.137 e. The summed E-state index contributed by atoms with van der Waals surface area (Å²) in [6.45, 7) is 6.14. The van der Waals surface area contributed by atoms with Gasteiger partial charge in [-0.3, -0.25) is 4.90 Å². The summed E-state index contributed by atoms with van der Waals surface area (Å²) < 4.78 is 13.9. The molecule has 2 nitrogen and oxygen atoms in total. The highest BCUT2D eigenvalue weighted by Crippen LogP contribution is 2.35. The number of nitrogens with zero attached hydrogens (tertiary/aromatic N) is 1. The molecule has 1 unspecified atom stereocenters. The smallest absolute Gasteiger partial charge is 0.137 e. The Morgan fingerprint density at radius 2 is 2.10 bits per heavy atom. The van der Waals surface area contributed by atoms with E-state index in [1.165, 1.54) is 25.3 Å². The molecule has 1 aliphatic carbocycles. The molecule has 0 spiro atoms. The summed E-state index contributed by atoms with van der Waals surface area (Å²) in [6.07, 6.45) is 3.70. The van der Waals surface area contributed by atoms with Crippen molar-refractivity contribution in [3.05, 3.63) is 34.1 Å². The van der Waals surface area contributed by atoms with E-state index in [0.29, 0.717) is 23.0 Å². The fraction of sp³-hybridized carbons (Fsp3) is 0.625. The van der Waals surface area contributed by atoms with Crippen LogP contribution in [0.15, 0.2) is 22.7 Å². The van der Waals surface area contributed by atoms with Crippen LogP contribution in [-0.2, 0) is 0 Å². The maximum absolute atomic E-state index is 13.4. The number of benzene rings is 1. The lowest BCUT2D eigenvalue weighted by molar-refractivity contribution is 0.180. The molecule has 0 aromatic heterocycles. The van der Waals surface area contributed by atoms with E-state index in [9.17, 15) is 4.39 Å². The van der Waals surface area contributed by atoms with Gasteiger partial charge in [0.05, 0.1) is 4.47 Å². The van der Waals surface area contributed by atoms with Gasteiger partial charge in [-0.15, -0.1) is 0 Å². The van der Waals surface area contributed by atoms with Gasteiger partial charge >= 0.3 is 0 Å². The lowest BCUT2D eigenvalue weighted by atomic mass is 10.0. The van der Waals surface area contributed by atoms with E-state index in [4.69, 9.17) is 5.73 Å². The Balaban J connectivity index is 2.16. The standard InChI is InChI=1S/C16H24BrFN2/c1-11(2)7-8-20(13-4-5-13)16(10-19)12-3-6-15(18)14(17)9-12/h3,6,9,11,13,16H,4-5,7-8,10,19H2,1-2H3. The SMILES string of the molecule is CC(C)CCN(C1CC1)C(CN)c1ccc(F)c(Br)c1. The van der Waals surface area contributed by atoms with Crippen LogP contribution in [0.2, 0.25) is 0 Å². The third-order valence-electron chi connectivity index (χ3n) is 3.93. The molecule has 4 heteroatoms. The van der Waals surface area contributed by atoms with Crippen molar-refractivity contribution in [3.63, 3.8) is 0 Å². The van der Waals surface area contributed by atoms with Gasteiger partial charge in [0.2, 0.25) is 0 Å². The van der Waals surface area contributed by atoms with Crippen molar-refractivity contribution < 1.29 is 4.39 Å². The molecule has 0 aliphatic heterocycles. The van der Waals surface area contributed by atoms with Crippen molar-refractivity contribution >= 4 is 15.9 Å². The molecule has 1 aliphatic rings. The van der Waals surface area contributed by atoms with E-state index in [0.717, 1.165) is 12.1 Å². The molecule has 1 aromatic rings. The number of hydrogen-bond acceptors (Lipinski definition) is 2. The van der Waals surface area contributed by atoms with Crippen LogP contribution in [-0.4, -0.2) is 24.0 Å². The predicted molar refractivity (Wildman–Crippen MR) is 85.1 cm³/mol. The predicted octanol–water partition coefficient (Wildman–Crippen LogP) is 4.10. The Kier molecular flexibility index (Phi) is 5.58. The van der Waals surface area contributed by atoms with E-state index in [2.05, 4.69) is 34.7 Å². The molecule has 0 heterocycles. The second-order valence-electron chi connectivity index (χ2n) is 6.08. The van der Waals surface area contributed by atoms with E-state index in [1.54, 1.807) is 0 Å². The molecular formula is C16H24BrFN2. The van der Waals surface area contributed by atoms with E-state index in [1.807, 2.05) is 12.1 Å². The van der Waals surface area contributed by atoms with E-state index in [-0.39, 0.29) is 11.9 Å². The van der Waals surface area contributed by atoms with Gasteiger partial charge in [0, 0.05) is 18.6 Å². The second kappa shape index (κ2) is 7.01. The van der Waals surface area contributed by atoms with Crippen LogP contribution in [0.4, 0.5) is 4.39 Å². The van der Waals surface area contributed by atoms with Gasteiger partial charge in [-0.1, -0.05) is 19.9 Å². The van der Waals surface area contributed by atoms with Crippen LogP contribution in [0.3, 0.4) is 0 Å². The van der Waals surface area contributed by atoms with Gasteiger partial charge in [-0.05, 0) is 65.4 Å². The number of hydrogen-bond donors (Lipinski definition) is 1. The molecule has 2 rings (SSSR count). The van der Waals surface area contributed by atoms with Crippen molar-refractivity contribution in [2.24, 2.45) is 11.7 Å². The molecule has 0 amide bonds. The average Bonchev–Trinajstić information content (AvgIpc) is 3.22. The highest BCUT2D eigenvalue weighted by molar-refractivity contribution is 9.10. The van der Waals surface area contributed by atoms with Crippen molar-refractivity contribution in [2.45, 2.75) is 45.2 Å². The number of rotatable bonds is 7. The lowest BCUT2D eigenvalue weighted by Crippen LogP contribution is -2.36. The highest BCUT2D eigenvalue weighted by Gasteiger charge is 2.33. The van der Waals surface area contributed by atoms with Crippen molar-refractivity contribution in [1.82, 2.24) is 4.90 Å². The normalized spacial score (nSPS) is 16.9. The van der Waals surface area contributed by atoms with Crippen LogP contribution in [0, 0.1) is 11.7 Å². The summed E-state index contributed by atoms with van der Waals surface area (Å²) in [7, 11) is 0. The summed E-state index contributed by atoms with van der Waals surface area (Å²) in [5.74, 6) is 0.472. The molecule has 20 heavy (non-hydrogen) atoms. The zero-order valence-corrected chi connectivity index (χ0v) is 13.9. The van der Waals surface area contributed by atoms with Crippen molar-refractivity contribution in [3.8, 4) is 0 Å². The summed E-state index contributed by atoms with van der Waals surface area (Å²) in [6, 6.07) is 6.11.